The molecule has 0 unspecified atom stereocenters. The SMILES string of the molecule is COC(=O)[C@@H]1Nc2c(O)cc3c(c2C1=O)C[C@H](Br)[C@@H](C)N3C(=O)c1cc2cc(OC)c(OC)c(OC)c2[nH]1. The lowest BCUT2D eigenvalue weighted by Gasteiger charge is -2.39. The summed E-state index contributed by atoms with van der Waals surface area (Å²) in [6.07, 6.45) is 0.402. The Kier molecular flexibility index (Phi) is 6.38. The summed E-state index contributed by atoms with van der Waals surface area (Å²) in [5.41, 5.74) is 2.07. The summed E-state index contributed by atoms with van der Waals surface area (Å²) in [6, 6.07) is 3.25. The molecule has 0 saturated heterocycles. The minimum atomic E-state index is -1.27. The maximum Gasteiger partial charge on any atom is 0.336 e. The van der Waals surface area contributed by atoms with Crippen LogP contribution in [0.5, 0.6) is 23.0 Å². The van der Waals surface area contributed by atoms with Crippen molar-refractivity contribution in [1.82, 2.24) is 4.98 Å². The number of rotatable bonds is 5. The Morgan fingerprint density at radius 3 is 2.42 bits per heavy atom. The number of hydrogen-bond donors (Lipinski definition) is 3. The lowest BCUT2D eigenvalue weighted by atomic mass is 9.89. The van der Waals surface area contributed by atoms with Crippen molar-refractivity contribution in [3.8, 4) is 23.0 Å². The van der Waals surface area contributed by atoms with Gasteiger partial charge in [-0.2, -0.15) is 0 Å². The van der Waals surface area contributed by atoms with Crippen LogP contribution in [0.4, 0.5) is 11.4 Å². The van der Waals surface area contributed by atoms with Crippen molar-refractivity contribution in [2.24, 2.45) is 0 Å². The number of benzene rings is 2. The number of aromatic amines is 1. The van der Waals surface area contributed by atoms with Crippen molar-refractivity contribution in [2.45, 2.75) is 30.3 Å². The number of aromatic hydroxyl groups is 1. The number of hydrogen-bond acceptors (Lipinski definition) is 9. The Balaban J connectivity index is 1.64. The van der Waals surface area contributed by atoms with Crippen LogP contribution in [0, 0.1) is 0 Å². The van der Waals surface area contributed by atoms with Gasteiger partial charge in [-0.05, 0) is 31.0 Å². The summed E-state index contributed by atoms with van der Waals surface area (Å²) in [7, 11) is 5.69. The summed E-state index contributed by atoms with van der Waals surface area (Å²) in [5.74, 6) is -0.705. The summed E-state index contributed by atoms with van der Waals surface area (Å²) < 4.78 is 21.2. The molecule has 38 heavy (non-hydrogen) atoms. The molecule has 3 atom stereocenters. The lowest BCUT2D eigenvalue weighted by molar-refractivity contribution is -0.140. The average Bonchev–Trinajstić information content (AvgIpc) is 3.50. The van der Waals surface area contributed by atoms with Gasteiger partial charge in [0, 0.05) is 22.3 Å². The number of aromatic nitrogens is 1. The van der Waals surface area contributed by atoms with Crippen LogP contribution in [-0.2, 0) is 16.0 Å². The maximum atomic E-state index is 14.0. The topological polar surface area (TPSA) is 139 Å². The number of nitrogens with one attached hydrogen (secondary N) is 2. The molecule has 3 heterocycles. The van der Waals surface area contributed by atoms with Crippen LogP contribution in [0.25, 0.3) is 10.9 Å². The fraction of sp³-hybridized carbons (Fsp3) is 0.346. The number of carbonyl (C=O) groups is 3. The van der Waals surface area contributed by atoms with Gasteiger partial charge >= 0.3 is 5.97 Å². The summed E-state index contributed by atoms with van der Waals surface area (Å²) >= 11 is 3.66. The number of esters is 1. The molecule has 0 spiro atoms. The van der Waals surface area contributed by atoms with Gasteiger partial charge in [0.05, 0.1) is 50.9 Å². The number of nitrogens with zero attached hydrogens (tertiary/aromatic N) is 1. The highest BCUT2D eigenvalue weighted by Crippen LogP contribution is 2.47. The summed E-state index contributed by atoms with van der Waals surface area (Å²) in [6.45, 7) is 1.87. The van der Waals surface area contributed by atoms with Crippen molar-refractivity contribution in [3.63, 3.8) is 0 Å². The molecule has 0 aliphatic carbocycles. The van der Waals surface area contributed by atoms with Gasteiger partial charge in [-0.15, -0.1) is 0 Å². The van der Waals surface area contributed by atoms with E-state index in [4.69, 9.17) is 18.9 Å². The highest BCUT2D eigenvalue weighted by molar-refractivity contribution is 9.09. The van der Waals surface area contributed by atoms with Gasteiger partial charge < -0.3 is 39.3 Å². The highest BCUT2D eigenvalue weighted by atomic mass is 79.9. The van der Waals surface area contributed by atoms with Crippen molar-refractivity contribution < 1.29 is 38.4 Å². The Labute approximate surface area is 226 Å². The fourth-order valence-electron chi connectivity index (χ4n) is 5.20. The quantitative estimate of drug-likeness (QED) is 0.177. The van der Waals surface area contributed by atoms with Crippen LogP contribution in [0.15, 0.2) is 18.2 Å². The van der Waals surface area contributed by atoms with Crippen LogP contribution in [-0.4, -0.2) is 73.1 Å². The van der Waals surface area contributed by atoms with Crippen molar-refractivity contribution in [2.75, 3.05) is 38.7 Å². The van der Waals surface area contributed by atoms with Crippen LogP contribution in [0.1, 0.15) is 33.3 Å². The van der Waals surface area contributed by atoms with Gasteiger partial charge in [-0.25, -0.2) is 4.79 Å². The highest BCUT2D eigenvalue weighted by Gasteiger charge is 2.44. The van der Waals surface area contributed by atoms with E-state index in [1.807, 2.05) is 6.92 Å². The number of methoxy groups -OCH3 is 4. The first-order chi connectivity index (χ1) is 18.2. The largest absolute Gasteiger partial charge is 0.506 e. The Hall–Kier alpha value is -3.93. The molecular weight excluding hydrogens is 562 g/mol. The number of phenolic OH excluding ortho intramolecular Hbond substituents is 1. The Bertz CT molecular complexity index is 1500. The number of phenols is 1. The predicted octanol–water partition coefficient (Wildman–Crippen LogP) is 3.40. The molecule has 11 nitrogen and oxygen atoms in total. The minimum Gasteiger partial charge on any atom is -0.506 e. The van der Waals surface area contributed by atoms with Crippen LogP contribution in [0.3, 0.4) is 0 Å². The second kappa shape index (κ2) is 9.43. The molecular formula is C26H26BrN3O8. The first kappa shape index (κ1) is 25.7. The van der Waals surface area contributed by atoms with Gasteiger partial charge in [0.2, 0.25) is 5.75 Å². The molecule has 5 rings (SSSR count). The molecule has 12 heteroatoms. The third-order valence-corrected chi connectivity index (χ3v) is 8.17. The van der Waals surface area contributed by atoms with Gasteiger partial charge in [0.1, 0.15) is 11.4 Å². The van der Waals surface area contributed by atoms with E-state index in [1.165, 1.54) is 39.4 Å². The standard InChI is InChI=1S/C26H26BrN3O8/c1-10-13(27)8-12-15(9-16(31)20-18(12)22(32)21(29-20)26(34)38-5)30(10)25(33)14-6-11-7-17(35-2)23(36-3)24(37-4)19(11)28-14/h6-7,9-10,13,21,28-29,31H,8H2,1-5H3/t10-,13+,21-/m1/s1. The number of Topliss-reactive ketones (excluding diaryl/α,β-unsaturated/α-hetero) is 1. The van der Waals surface area contributed by atoms with Crippen molar-refractivity contribution in [3.05, 3.63) is 35.0 Å². The van der Waals surface area contributed by atoms with Gasteiger partial charge in [0.15, 0.2) is 23.3 Å². The van der Waals surface area contributed by atoms with Crippen molar-refractivity contribution in [1.29, 1.82) is 0 Å². The second-order valence-corrected chi connectivity index (χ2v) is 10.2. The van der Waals surface area contributed by atoms with E-state index in [9.17, 15) is 19.5 Å². The lowest BCUT2D eigenvalue weighted by Crippen LogP contribution is -2.48. The molecule has 1 aromatic heterocycles. The number of carbonyl (C=O) groups excluding carboxylic acids is 3. The summed E-state index contributed by atoms with van der Waals surface area (Å²) in [5, 5.41) is 14.3. The van der Waals surface area contributed by atoms with Crippen molar-refractivity contribution >= 4 is 55.9 Å². The molecule has 2 aliphatic heterocycles. The van der Waals surface area contributed by atoms with Crippen LogP contribution >= 0.6 is 15.9 Å². The molecule has 0 saturated carbocycles. The smallest absolute Gasteiger partial charge is 0.336 e. The number of anilines is 2. The Morgan fingerprint density at radius 2 is 1.79 bits per heavy atom. The minimum absolute atomic E-state index is 0.153. The molecule has 200 valence electrons. The normalized spacial score (nSPS) is 20.0. The fourth-order valence-corrected chi connectivity index (χ4v) is 5.76. The van der Waals surface area contributed by atoms with Gasteiger partial charge in [-0.1, -0.05) is 15.9 Å². The van der Waals surface area contributed by atoms with E-state index < -0.39 is 17.8 Å². The number of halogens is 1. The van der Waals surface area contributed by atoms with Gasteiger partial charge in [-0.3, -0.25) is 9.59 Å². The zero-order chi connectivity index (χ0) is 27.5. The first-order valence-corrected chi connectivity index (χ1v) is 12.6. The van der Waals surface area contributed by atoms with E-state index >= 15 is 0 Å². The number of H-pyrrole nitrogens is 1. The predicted molar refractivity (Wildman–Crippen MR) is 143 cm³/mol. The molecule has 0 bridgehead atoms. The van der Waals surface area contributed by atoms with E-state index in [1.54, 1.807) is 12.1 Å². The number of alkyl halides is 1. The number of ether oxygens (including phenoxy) is 4. The molecule has 2 aliphatic rings. The van der Waals surface area contributed by atoms with Crippen LogP contribution < -0.4 is 24.4 Å². The first-order valence-electron chi connectivity index (χ1n) is 11.7. The number of fused-ring (bicyclic) bond motifs is 4. The second-order valence-electron chi connectivity index (χ2n) is 9.04. The number of amides is 1. The summed E-state index contributed by atoms with van der Waals surface area (Å²) in [4.78, 5) is 43.9. The molecule has 0 fully saturated rings. The van der Waals surface area contributed by atoms with E-state index in [0.29, 0.717) is 45.8 Å². The van der Waals surface area contributed by atoms with Crippen LogP contribution in [0.2, 0.25) is 0 Å². The molecule has 3 aromatic rings. The zero-order valence-electron chi connectivity index (χ0n) is 21.3. The third kappa shape index (κ3) is 3.65. The number of ketones is 1. The average molecular weight is 588 g/mol. The Morgan fingerprint density at radius 1 is 1.08 bits per heavy atom. The van der Waals surface area contributed by atoms with Gasteiger partial charge in [0.25, 0.3) is 5.91 Å². The van der Waals surface area contributed by atoms with E-state index in [-0.39, 0.29) is 39.5 Å². The molecule has 0 radical (unpaired) electrons. The molecule has 1 amide bonds. The molecule has 2 aromatic carbocycles. The van der Waals surface area contributed by atoms with E-state index in [2.05, 4.69) is 26.2 Å². The monoisotopic (exact) mass is 587 g/mol. The molecule has 3 N–H and O–H groups in total. The maximum absolute atomic E-state index is 14.0. The van der Waals surface area contributed by atoms with E-state index in [0.717, 1.165) is 0 Å². The third-order valence-electron chi connectivity index (χ3n) is 7.08. The zero-order valence-corrected chi connectivity index (χ0v) is 22.9.